The van der Waals surface area contributed by atoms with Gasteiger partial charge in [0.2, 0.25) is 0 Å². The van der Waals surface area contributed by atoms with Crippen LogP contribution in [-0.4, -0.2) is 56.0 Å². The molecule has 1 heterocycles. The first-order valence-corrected chi connectivity index (χ1v) is 9.10. The monoisotopic (exact) mass is 388 g/mol. The van der Waals surface area contributed by atoms with Gasteiger partial charge in [0.15, 0.2) is 0 Å². The number of halogens is 2. The van der Waals surface area contributed by atoms with Crippen LogP contribution in [0.1, 0.15) is 0 Å². The van der Waals surface area contributed by atoms with Crippen LogP contribution in [0.2, 0.25) is 0 Å². The number of rotatable bonds is 5. The molecule has 1 aliphatic heterocycles. The summed E-state index contributed by atoms with van der Waals surface area (Å²) in [7, 11) is 0. The second-order valence-electron chi connectivity index (χ2n) is 6.47. The summed E-state index contributed by atoms with van der Waals surface area (Å²) in [5.74, 6) is -2.55. The quantitative estimate of drug-likeness (QED) is 0.768. The number of nitrogens with zero attached hydrogens (tertiary/aromatic N) is 2. The first-order chi connectivity index (χ1) is 13.5. The second-order valence-corrected chi connectivity index (χ2v) is 6.47. The lowest BCUT2D eigenvalue weighted by Crippen LogP contribution is -2.49. The van der Waals surface area contributed by atoms with Crippen molar-refractivity contribution in [3.8, 4) is 0 Å². The fraction of sp³-hybridized carbons (Fsp3) is 0.300. The van der Waals surface area contributed by atoms with E-state index < -0.39 is 17.6 Å². The van der Waals surface area contributed by atoms with Gasteiger partial charge in [-0.2, -0.15) is 0 Å². The number of nitrogens with one attached hydrogen (secondary N) is 2. The number of hydrogen-bond acceptors (Lipinski definition) is 4. The Morgan fingerprint density at radius 3 is 2.18 bits per heavy atom. The first-order valence-electron chi connectivity index (χ1n) is 9.10. The number of anilines is 2. The van der Waals surface area contributed by atoms with E-state index in [1.807, 2.05) is 11.0 Å². The summed E-state index contributed by atoms with van der Waals surface area (Å²) < 4.78 is 27.4. The molecule has 2 aromatic rings. The second kappa shape index (κ2) is 9.27. The number of hydrogen-bond donors (Lipinski definition) is 2. The van der Waals surface area contributed by atoms with Gasteiger partial charge in [0.25, 0.3) is 0 Å². The maximum atomic E-state index is 13.9. The number of benzene rings is 2. The highest BCUT2D eigenvalue weighted by atomic mass is 19.1. The predicted octanol–water partition coefficient (Wildman–Crippen LogP) is 1.84. The zero-order valence-corrected chi connectivity index (χ0v) is 15.3. The molecule has 148 valence electrons. The van der Waals surface area contributed by atoms with E-state index in [-0.39, 0.29) is 11.5 Å². The SMILES string of the molecule is O=C(NCCN1CCN(c2ccccc2F)CC1)C(=O)Nc1ccccc1F. The molecular weight excluding hydrogens is 366 g/mol. The van der Waals surface area contributed by atoms with E-state index in [0.717, 1.165) is 13.1 Å². The van der Waals surface area contributed by atoms with Crippen LogP contribution in [0.15, 0.2) is 48.5 Å². The molecule has 2 amide bonds. The summed E-state index contributed by atoms with van der Waals surface area (Å²) in [6.45, 7) is 3.69. The van der Waals surface area contributed by atoms with Crippen molar-refractivity contribution in [2.75, 3.05) is 49.5 Å². The Balaban J connectivity index is 1.39. The molecular formula is C20H22F2N4O2. The number of piperazine rings is 1. The third-order valence-corrected chi connectivity index (χ3v) is 4.61. The van der Waals surface area contributed by atoms with E-state index in [9.17, 15) is 18.4 Å². The molecule has 0 aliphatic carbocycles. The molecule has 28 heavy (non-hydrogen) atoms. The standard InChI is InChI=1S/C20H22F2N4O2/c21-15-5-1-3-7-17(15)24-20(28)19(27)23-9-10-25-11-13-26(14-12-25)18-8-4-2-6-16(18)22/h1-8H,9-14H2,(H,23,27)(H,24,28). The Hall–Kier alpha value is -3.00. The first kappa shape index (κ1) is 19.8. The minimum atomic E-state index is -0.908. The molecule has 0 radical (unpaired) electrons. The largest absolute Gasteiger partial charge is 0.367 e. The van der Waals surface area contributed by atoms with Crippen LogP contribution in [0.3, 0.4) is 0 Å². The maximum Gasteiger partial charge on any atom is 0.313 e. The molecule has 8 heteroatoms. The molecule has 6 nitrogen and oxygen atoms in total. The zero-order chi connectivity index (χ0) is 19.9. The molecule has 1 fully saturated rings. The number of carbonyl (C=O) groups excluding carboxylic acids is 2. The highest BCUT2D eigenvalue weighted by molar-refractivity contribution is 6.39. The fourth-order valence-corrected chi connectivity index (χ4v) is 3.07. The Morgan fingerprint density at radius 1 is 0.857 bits per heavy atom. The van der Waals surface area contributed by atoms with Crippen molar-refractivity contribution in [2.24, 2.45) is 0 Å². The molecule has 0 aromatic heterocycles. The summed E-state index contributed by atoms with van der Waals surface area (Å²) in [4.78, 5) is 27.8. The van der Waals surface area contributed by atoms with Gasteiger partial charge in [-0.15, -0.1) is 0 Å². The van der Waals surface area contributed by atoms with Crippen LogP contribution >= 0.6 is 0 Å². The van der Waals surface area contributed by atoms with Crippen molar-refractivity contribution < 1.29 is 18.4 Å². The maximum absolute atomic E-state index is 13.9. The van der Waals surface area contributed by atoms with Crippen molar-refractivity contribution >= 4 is 23.2 Å². The third kappa shape index (κ3) is 5.04. The topological polar surface area (TPSA) is 64.7 Å². The smallest absolute Gasteiger partial charge is 0.313 e. The lowest BCUT2D eigenvalue weighted by Gasteiger charge is -2.36. The fourth-order valence-electron chi connectivity index (χ4n) is 3.07. The Morgan fingerprint density at radius 2 is 1.50 bits per heavy atom. The highest BCUT2D eigenvalue weighted by Gasteiger charge is 2.20. The summed E-state index contributed by atoms with van der Waals surface area (Å²) >= 11 is 0. The van der Waals surface area contributed by atoms with Crippen molar-refractivity contribution in [1.82, 2.24) is 10.2 Å². The molecule has 2 N–H and O–H groups in total. The summed E-state index contributed by atoms with van der Waals surface area (Å²) in [5, 5.41) is 4.78. The average molecular weight is 388 g/mol. The van der Waals surface area contributed by atoms with Crippen molar-refractivity contribution in [2.45, 2.75) is 0 Å². The van der Waals surface area contributed by atoms with Gasteiger partial charge in [-0.05, 0) is 24.3 Å². The molecule has 1 saturated heterocycles. The normalized spacial score (nSPS) is 14.6. The van der Waals surface area contributed by atoms with Crippen molar-refractivity contribution in [3.63, 3.8) is 0 Å². The number of amides is 2. The van der Waals surface area contributed by atoms with Gasteiger partial charge in [0, 0.05) is 39.3 Å². The minimum Gasteiger partial charge on any atom is -0.367 e. The molecule has 0 bridgehead atoms. The van der Waals surface area contributed by atoms with E-state index in [2.05, 4.69) is 15.5 Å². The Bertz CT molecular complexity index is 838. The van der Waals surface area contributed by atoms with Crippen LogP contribution in [0, 0.1) is 11.6 Å². The van der Waals surface area contributed by atoms with Crippen molar-refractivity contribution in [1.29, 1.82) is 0 Å². The van der Waals surface area contributed by atoms with Crippen LogP contribution < -0.4 is 15.5 Å². The lowest BCUT2D eigenvalue weighted by atomic mass is 10.2. The van der Waals surface area contributed by atoms with Crippen LogP contribution in [0.5, 0.6) is 0 Å². The number of para-hydroxylation sites is 2. The van der Waals surface area contributed by atoms with Crippen molar-refractivity contribution in [3.05, 3.63) is 60.2 Å². The molecule has 0 spiro atoms. The highest BCUT2D eigenvalue weighted by Crippen LogP contribution is 2.19. The van der Waals surface area contributed by atoms with Gasteiger partial charge in [-0.25, -0.2) is 8.78 Å². The van der Waals surface area contributed by atoms with Gasteiger partial charge in [0.1, 0.15) is 11.6 Å². The van der Waals surface area contributed by atoms with Crippen LogP contribution in [0.4, 0.5) is 20.2 Å². The minimum absolute atomic E-state index is 0.0353. The number of carbonyl (C=O) groups is 2. The molecule has 0 unspecified atom stereocenters. The van der Waals surface area contributed by atoms with E-state index in [4.69, 9.17) is 0 Å². The Kier molecular flexibility index (Phi) is 6.54. The summed E-state index contributed by atoms with van der Waals surface area (Å²) in [6, 6.07) is 12.3. The van der Waals surface area contributed by atoms with Gasteiger partial charge in [-0.1, -0.05) is 24.3 Å². The molecule has 1 aliphatic rings. The average Bonchev–Trinajstić information content (AvgIpc) is 2.70. The molecule has 0 saturated carbocycles. The molecule has 0 atom stereocenters. The Labute approximate surface area is 162 Å². The van der Waals surface area contributed by atoms with E-state index in [1.54, 1.807) is 18.2 Å². The van der Waals surface area contributed by atoms with Gasteiger partial charge in [0.05, 0.1) is 11.4 Å². The third-order valence-electron chi connectivity index (χ3n) is 4.61. The zero-order valence-electron chi connectivity index (χ0n) is 15.3. The summed E-state index contributed by atoms with van der Waals surface area (Å²) in [5.41, 5.74) is 0.562. The summed E-state index contributed by atoms with van der Waals surface area (Å²) in [6.07, 6.45) is 0. The van der Waals surface area contributed by atoms with Crippen LogP contribution in [-0.2, 0) is 9.59 Å². The van der Waals surface area contributed by atoms with Gasteiger partial charge >= 0.3 is 11.8 Å². The van der Waals surface area contributed by atoms with Gasteiger partial charge in [-0.3, -0.25) is 14.5 Å². The van der Waals surface area contributed by atoms with E-state index in [1.165, 1.54) is 24.3 Å². The molecule has 2 aromatic carbocycles. The van der Waals surface area contributed by atoms with Crippen LogP contribution in [0.25, 0.3) is 0 Å². The van der Waals surface area contributed by atoms with E-state index >= 15 is 0 Å². The predicted molar refractivity (Wildman–Crippen MR) is 103 cm³/mol. The van der Waals surface area contributed by atoms with E-state index in [0.29, 0.717) is 31.9 Å². The molecule has 3 rings (SSSR count). The van der Waals surface area contributed by atoms with Gasteiger partial charge < -0.3 is 15.5 Å². The lowest BCUT2D eigenvalue weighted by molar-refractivity contribution is -0.136.